The molecule has 0 radical (unpaired) electrons. The first-order valence-electron chi connectivity index (χ1n) is 8.19. The summed E-state index contributed by atoms with van der Waals surface area (Å²) in [5, 5.41) is 15.9. The third-order valence-electron chi connectivity index (χ3n) is 3.67. The highest BCUT2D eigenvalue weighted by Gasteiger charge is 2.27. The fourth-order valence-corrected chi connectivity index (χ4v) is 2.35. The minimum Gasteiger partial charge on any atom is -0.457 e. The molecule has 10 heteroatoms. The van der Waals surface area contributed by atoms with Crippen LogP contribution in [-0.4, -0.2) is 21.7 Å². The Morgan fingerprint density at radius 1 is 1.32 bits per heavy atom. The molecule has 1 aromatic heterocycles. The Morgan fingerprint density at radius 2 is 1.96 bits per heavy atom. The maximum absolute atomic E-state index is 13.5. The molecule has 2 aromatic rings. The van der Waals surface area contributed by atoms with Crippen molar-refractivity contribution in [1.82, 2.24) is 9.97 Å². The number of ether oxygens (including phenoxy) is 1. The summed E-state index contributed by atoms with van der Waals surface area (Å²) in [4.78, 5) is 7.95. The van der Waals surface area contributed by atoms with Crippen molar-refractivity contribution in [2.24, 2.45) is 5.11 Å². The number of anilines is 1. The van der Waals surface area contributed by atoms with Gasteiger partial charge in [-0.3, -0.25) is 0 Å². The number of benzene rings is 1. The first kappa shape index (κ1) is 21.6. The zero-order chi connectivity index (χ0) is 20.9. The number of rotatable bonds is 8. The summed E-state index contributed by atoms with van der Waals surface area (Å²) in [6.45, 7) is 3.85. The van der Waals surface area contributed by atoms with Crippen LogP contribution in [0, 0.1) is 5.53 Å². The van der Waals surface area contributed by atoms with E-state index in [4.69, 9.17) is 21.9 Å². The lowest BCUT2D eigenvalue weighted by Gasteiger charge is -2.16. The lowest BCUT2D eigenvalue weighted by atomic mass is 10.0. The zero-order valence-corrected chi connectivity index (χ0v) is 16.3. The van der Waals surface area contributed by atoms with E-state index in [9.17, 15) is 13.9 Å². The summed E-state index contributed by atoms with van der Waals surface area (Å²) in [6, 6.07) is 4.15. The molecule has 2 rings (SSSR count). The van der Waals surface area contributed by atoms with Crippen molar-refractivity contribution in [2.75, 3.05) is 11.9 Å². The molecule has 0 aliphatic rings. The predicted octanol–water partition coefficient (Wildman–Crippen LogP) is 4.83. The molecule has 28 heavy (non-hydrogen) atoms. The topological polar surface area (TPSA) is 103 Å². The Labute approximate surface area is 165 Å². The van der Waals surface area contributed by atoms with Crippen molar-refractivity contribution < 1.29 is 18.6 Å². The largest absolute Gasteiger partial charge is 0.457 e. The monoisotopic (exact) mass is 411 g/mol. The summed E-state index contributed by atoms with van der Waals surface area (Å²) < 4.78 is 32.4. The minimum absolute atomic E-state index is 0.0394. The first-order valence-corrected chi connectivity index (χ1v) is 8.57. The van der Waals surface area contributed by atoms with Crippen molar-refractivity contribution >= 4 is 17.3 Å². The van der Waals surface area contributed by atoms with E-state index >= 15 is 0 Å². The number of alkyl halides is 2. The van der Waals surface area contributed by atoms with E-state index in [2.05, 4.69) is 20.4 Å². The molecule has 0 spiro atoms. The SMILES string of the molecule is CC(C)(O)c1cnc(OC/C(=C/Nc2ccc(Cl)c(C(C)(F)F)c2)N=N)nc1. The highest BCUT2D eigenvalue weighted by Crippen LogP contribution is 2.34. The minimum atomic E-state index is -3.09. The summed E-state index contributed by atoms with van der Waals surface area (Å²) in [6.07, 6.45) is 4.21. The van der Waals surface area contributed by atoms with Crippen LogP contribution < -0.4 is 10.1 Å². The second-order valence-electron chi connectivity index (χ2n) is 6.58. The van der Waals surface area contributed by atoms with Crippen molar-refractivity contribution in [3.05, 3.63) is 58.6 Å². The van der Waals surface area contributed by atoms with Crippen molar-refractivity contribution in [3.8, 4) is 6.01 Å². The number of nitrogens with zero attached hydrogens (tertiary/aromatic N) is 3. The van der Waals surface area contributed by atoms with Crippen LogP contribution in [0.15, 0.2) is 47.6 Å². The van der Waals surface area contributed by atoms with Gasteiger partial charge in [0.05, 0.1) is 5.60 Å². The number of hydrogen-bond donors (Lipinski definition) is 3. The first-order chi connectivity index (χ1) is 13.0. The van der Waals surface area contributed by atoms with Gasteiger partial charge >= 0.3 is 6.01 Å². The van der Waals surface area contributed by atoms with Crippen LogP contribution in [0.1, 0.15) is 31.9 Å². The van der Waals surface area contributed by atoms with E-state index in [1.54, 1.807) is 13.8 Å². The van der Waals surface area contributed by atoms with Gasteiger partial charge in [0.1, 0.15) is 12.3 Å². The van der Waals surface area contributed by atoms with Crippen molar-refractivity contribution in [1.29, 1.82) is 5.53 Å². The molecule has 0 unspecified atom stereocenters. The third kappa shape index (κ3) is 5.93. The van der Waals surface area contributed by atoms with Crippen LogP contribution >= 0.6 is 11.6 Å². The van der Waals surface area contributed by atoms with Gasteiger partial charge in [0.15, 0.2) is 0 Å². The van der Waals surface area contributed by atoms with E-state index in [1.807, 2.05) is 0 Å². The second kappa shape index (κ2) is 8.57. The van der Waals surface area contributed by atoms with E-state index in [0.717, 1.165) is 6.92 Å². The Morgan fingerprint density at radius 3 is 2.50 bits per heavy atom. The quantitative estimate of drug-likeness (QED) is 0.539. The third-order valence-corrected chi connectivity index (χ3v) is 4.00. The molecule has 1 aromatic carbocycles. The lowest BCUT2D eigenvalue weighted by molar-refractivity contribution is 0.0176. The highest BCUT2D eigenvalue weighted by molar-refractivity contribution is 6.31. The summed E-state index contributed by atoms with van der Waals surface area (Å²) in [7, 11) is 0. The Bertz CT molecular complexity index is 862. The molecule has 0 fully saturated rings. The Balaban J connectivity index is 2.04. The van der Waals surface area contributed by atoms with Crippen LogP contribution in [0.3, 0.4) is 0 Å². The molecule has 0 saturated carbocycles. The van der Waals surface area contributed by atoms with Crippen LogP contribution in [-0.2, 0) is 11.5 Å². The molecule has 150 valence electrons. The fourth-order valence-electron chi connectivity index (χ4n) is 2.07. The number of halogens is 3. The molecular formula is C18H20ClF2N5O2. The average molecular weight is 412 g/mol. The van der Waals surface area contributed by atoms with Gasteiger partial charge in [-0.25, -0.2) is 24.3 Å². The van der Waals surface area contributed by atoms with E-state index in [-0.39, 0.29) is 28.9 Å². The fraction of sp³-hybridized carbons (Fsp3) is 0.333. The maximum atomic E-state index is 13.5. The standard InChI is InChI=1S/C18H20ClF2N5O2/c1-17(2,27)11-7-24-16(25-8-11)28-10-13(26-22)9-23-12-4-5-15(19)14(6-12)18(3,20)21/h4-9,22-23,27H,10H2,1-3H3/b13-9-,26-22?. The van der Waals surface area contributed by atoms with Crippen molar-refractivity contribution in [2.45, 2.75) is 32.3 Å². The molecular weight excluding hydrogens is 392 g/mol. The zero-order valence-electron chi connectivity index (χ0n) is 15.5. The molecule has 1 heterocycles. The maximum Gasteiger partial charge on any atom is 0.316 e. The Hall–Kier alpha value is -2.65. The molecule has 0 amide bonds. The summed E-state index contributed by atoms with van der Waals surface area (Å²) in [5.41, 5.74) is 6.87. The summed E-state index contributed by atoms with van der Waals surface area (Å²) in [5.74, 6) is -3.09. The van der Waals surface area contributed by atoms with Gasteiger partial charge in [0.25, 0.3) is 5.92 Å². The molecule has 0 atom stereocenters. The van der Waals surface area contributed by atoms with Gasteiger partial charge in [-0.1, -0.05) is 11.6 Å². The van der Waals surface area contributed by atoms with Gasteiger partial charge in [0.2, 0.25) is 0 Å². The number of aliphatic hydroxyl groups is 1. The normalized spacial score (nSPS) is 12.6. The van der Waals surface area contributed by atoms with Gasteiger partial charge in [0, 0.05) is 47.4 Å². The van der Waals surface area contributed by atoms with Crippen molar-refractivity contribution in [3.63, 3.8) is 0 Å². The molecule has 0 aliphatic heterocycles. The highest BCUT2D eigenvalue weighted by atomic mass is 35.5. The molecule has 7 nitrogen and oxygen atoms in total. The molecule has 0 bridgehead atoms. The Kier molecular flexibility index (Phi) is 6.63. The van der Waals surface area contributed by atoms with E-state index < -0.39 is 11.5 Å². The molecule has 0 aliphatic carbocycles. The molecule has 3 N–H and O–H groups in total. The second-order valence-corrected chi connectivity index (χ2v) is 6.98. The number of nitrogens with one attached hydrogen (secondary N) is 2. The van der Waals surface area contributed by atoms with Gasteiger partial charge < -0.3 is 15.2 Å². The summed E-state index contributed by atoms with van der Waals surface area (Å²) >= 11 is 5.81. The molecule has 0 saturated heterocycles. The number of aromatic nitrogens is 2. The average Bonchev–Trinajstić information content (AvgIpc) is 2.61. The van der Waals surface area contributed by atoms with Gasteiger partial charge in [-0.2, -0.15) is 5.11 Å². The van der Waals surface area contributed by atoms with Crippen LogP contribution in [0.2, 0.25) is 5.02 Å². The lowest BCUT2D eigenvalue weighted by Crippen LogP contribution is -2.16. The van der Waals surface area contributed by atoms with E-state index in [1.165, 1.54) is 36.8 Å². The van der Waals surface area contributed by atoms with Crippen LogP contribution in [0.4, 0.5) is 14.5 Å². The predicted molar refractivity (Wildman–Crippen MR) is 101 cm³/mol. The smallest absolute Gasteiger partial charge is 0.316 e. The van der Waals surface area contributed by atoms with E-state index in [0.29, 0.717) is 11.3 Å². The van der Waals surface area contributed by atoms with Gasteiger partial charge in [-0.05, 0) is 32.0 Å². The van der Waals surface area contributed by atoms with Crippen LogP contribution in [0.25, 0.3) is 0 Å². The van der Waals surface area contributed by atoms with Crippen LogP contribution in [0.5, 0.6) is 6.01 Å². The van der Waals surface area contributed by atoms with Gasteiger partial charge in [-0.15, -0.1) is 0 Å². The number of hydrogen-bond acceptors (Lipinski definition) is 7.